The Balaban J connectivity index is 2.19. The van der Waals surface area contributed by atoms with Crippen molar-refractivity contribution in [1.29, 1.82) is 0 Å². The third kappa shape index (κ3) is 1.88. The molecule has 0 aromatic carbocycles. The zero-order valence-corrected chi connectivity index (χ0v) is 9.35. The van der Waals surface area contributed by atoms with Crippen LogP contribution in [0.1, 0.15) is 50.8 Å². The summed E-state index contributed by atoms with van der Waals surface area (Å²) < 4.78 is 1.65. The second-order valence-corrected chi connectivity index (χ2v) is 4.55. The molecule has 5 nitrogen and oxygen atoms in total. The Labute approximate surface area is 89.5 Å². The Hall–Kier alpha value is -0.970. The number of aryl methyl sites for hydroxylation is 1. The summed E-state index contributed by atoms with van der Waals surface area (Å²) in [4.78, 5) is 0. The van der Waals surface area contributed by atoms with Gasteiger partial charge in [0.2, 0.25) is 0 Å². The minimum atomic E-state index is -0.610. The first kappa shape index (κ1) is 10.5. The second kappa shape index (κ2) is 3.89. The molecule has 1 aromatic rings. The smallest absolute Gasteiger partial charge is 0.156 e. The monoisotopic (exact) mass is 210 g/mol. The summed E-state index contributed by atoms with van der Waals surface area (Å²) in [5.41, 5.74) is -0.610. The summed E-state index contributed by atoms with van der Waals surface area (Å²) in [6, 6.07) is 0. The van der Waals surface area contributed by atoms with E-state index in [1.165, 1.54) is 6.42 Å². The molecule has 1 aromatic heterocycles. The summed E-state index contributed by atoms with van der Waals surface area (Å²) in [7, 11) is 1.82. The van der Waals surface area contributed by atoms with E-state index >= 15 is 0 Å². The fraction of sp³-hybridized carbons (Fsp3) is 0.900. The molecule has 1 unspecified atom stereocenters. The average Bonchev–Trinajstić information content (AvgIpc) is 2.64. The van der Waals surface area contributed by atoms with E-state index in [1.807, 2.05) is 14.0 Å². The number of aromatic nitrogens is 4. The molecule has 1 aliphatic rings. The number of tetrazole rings is 1. The molecule has 0 spiro atoms. The van der Waals surface area contributed by atoms with Crippen LogP contribution in [0.2, 0.25) is 0 Å². The van der Waals surface area contributed by atoms with Crippen molar-refractivity contribution >= 4 is 0 Å². The molecule has 0 radical (unpaired) electrons. The van der Waals surface area contributed by atoms with E-state index in [-0.39, 0.29) is 5.92 Å². The van der Waals surface area contributed by atoms with Gasteiger partial charge in [0.05, 0.1) is 5.60 Å². The molecule has 1 heterocycles. The first-order valence-electron chi connectivity index (χ1n) is 5.58. The predicted molar refractivity (Wildman–Crippen MR) is 55.2 cm³/mol. The first-order chi connectivity index (χ1) is 7.13. The predicted octanol–water partition coefficient (Wildman–Crippen LogP) is 1.01. The van der Waals surface area contributed by atoms with Gasteiger partial charge in [-0.25, -0.2) is 4.68 Å². The highest BCUT2D eigenvalue weighted by atomic mass is 16.3. The molecule has 1 atom stereocenters. The normalized spacial score (nSPS) is 22.6. The molecule has 0 aliphatic heterocycles. The number of hydrogen-bond acceptors (Lipinski definition) is 4. The van der Waals surface area contributed by atoms with Gasteiger partial charge in [0.25, 0.3) is 0 Å². The molecule has 0 bridgehead atoms. The molecule has 1 fully saturated rings. The van der Waals surface area contributed by atoms with Crippen LogP contribution in [0.5, 0.6) is 0 Å². The van der Waals surface area contributed by atoms with Crippen molar-refractivity contribution < 1.29 is 5.11 Å². The van der Waals surface area contributed by atoms with Crippen LogP contribution in [0.15, 0.2) is 0 Å². The Morgan fingerprint density at radius 2 is 2.00 bits per heavy atom. The van der Waals surface area contributed by atoms with Gasteiger partial charge in [-0.2, -0.15) is 0 Å². The van der Waals surface area contributed by atoms with E-state index in [1.54, 1.807) is 4.68 Å². The average molecular weight is 210 g/mol. The molecule has 0 saturated heterocycles. The second-order valence-electron chi connectivity index (χ2n) is 4.55. The van der Waals surface area contributed by atoms with Gasteiger partial charge in [0, 0.05) is 13.0 Å². The largest absolute Gasteiger partial charge is 0.389 e. The Bertz CT molecular complexity index is 330. The van der Waals surface area contributed by atoms with Gasteiger partial charge in [-0.15, -0.1) is 5.10 Å². The molecule has 1 N–H and O–H groups in total. The van der Waals surface area contributed by atoms with Gasteiger partial charge < -0.3 is 5.11 Å². The highest BCUT2D eigenvalue weighted by molar-refractivity contribution is 5.03. The molecule has 5 heteroatoms. The molecule has 1 aliphatic carbocycles. The summed E-state index contributed by atoms with van der Waals surface area (Å²) in [5, 5.41) is 21.9. The molecule has 15 heavy (non-hydrogen) atoms. The van der Waals surface area contributed by atoms with Gasteiger partial charge in [0.15, 0.2) is 5.82 Å². The van der Waals surface area contributed by atoms with Gasteiger partial charge in [0.1, 0.15) is 0 Å². The van der Waals surface area contributed by atoms with E-state index in [9.17, 15) is 5.11 Å². The van der Waals surface area contributed by atoms with Crippen LogP contribution in [0, 0.1) is 0 Å². The third-order valence-corrected chi connectivity index (χ3v) is 3.57. The third-order valence-electron chi connectivity index (χ3n) is 3.57. The number of nitrogens with zero attached hydrogens (tertiary/aromatic N) is 4. The standard InChI is InChI=1S/C10H18N4O/c1-8(9-11-12-13-14(9)2)10(15)6-4-3-5-7-10/h8,15H,3-7H2,1-2H3. The van der Waals surface area contributed by atoms with Crippen molar-refractivity contribution in [3.05, 3.63) is 5.82 Å². The lowest BCUT2D eigenvalue weighted by Crippen LogP contribution is -2.38. The lowest BCUT2D eigenvalue weighted by atomic mass is 9.76. The zero-order valence-electron chi connectivity index (χ0n) is 9.35. The maximum Gasteiger partial charge on any atom is 0.156 e. The molecule has 0 amide bonds. The molecule has 1 saturated carbocycles. The maximum atomic E-state index is 10.5. The van der Waals surface area contributed by atoms with Gasteiger partial charge in [-0.3, -0.25) is 0 Å². The Morgan fingerprint density at radius 1 is 1.33 bits per heavy atom. The van der Waals surface area contributed by atoms with Crippen LogP contribution in [0.3, 0.4) is 0 Å². The Kier molecular flexibility index (Phi) is 2.73. The van der Waals surface area contributed by atoms with Crippen LogP contribution in [-0.2, 0) is 7.05 Å². The minimum Gasteiger partial charge on any atom is -0.389 e. The van der Waals surface area contributed by atoms with Gasteiger partial charge in [-0.1, -0.05) is 26.2 Å². The summed E-state index contributed by atoms with van der Waals surface area (Å²) in [6.07, 6.45) is 5.16. The summed E-state index contributed by atoms with van der Waals surface area (Å²) in [6.45, 7) is 2.01. The van der Waals surface area contributed by atoms with E-state index in [0.717, 1.165) is 31.5 Å². The first-order valence-corrected chi connectivity index (χ1v) is 5.58. The highest BCUT2D eigenvalue weighted by Gasteiger charge is 2.38. The van der Waals surface area contributed by atoms with Crippen LogP contribution in [-0.4, -0.2) is 30.9 Å². The van der Waals surface area contributed by atoms with Crippen molar-refractivity contribution in [2.75, 3.05) is 0 Å². The van der Waals surface area contributed by atoms with E-state index in [2.05, 4.69) is 15.5 Å². The minimum absolute atomic E-state index is 0.0119. The number of rotatable bonds is 2. The van der Waals surface area contributed by atoms with Crippen molar-refractivity contribution in [2.45, 2.75) is 50.5 Å². The molecule has 2 rings (SSSR count). The van der Waals surface area contributed by atoms with Crippen molar-refractivity contribution in [3.63, 3.8) is 0 Å². The van der Waals surface area contributed by atoms with Crippen LogP contribution < -0.4 is 0 Å². The Morgan fingerprint density at radius 3 is 2.53 bits per heavy atom. The molecule has 84 valence electrons. The van der Waals surface area contributed by atoms with E-state index in [4.69, 9.17) is 0 Å². The highest BCUT2D eigenvalue weighted by Crippen LogP contribution is 2.38. The topological polar surface area (TPSA) is 63.8 Å². The molecular formula is C10H18N4O. The van der Waals surface area contributed by atoms with Crippen LogP contribution >= 0.6 is 0 Å². The van der Waals surface area contributed by atoms with E-state index in [0.29, 0.717) is 0 Å². The van der Waals surface area contributed by atoms with E-state index < -0.39 is 5.60 Å². The number of hydrogen-bond donors (Lipinski definition) is 1. The summed E-state index contributed by atoms with van der Waals surface area (Å²) in [5.74, 6) is 0.789. The zero-order chi connectivity index (χ0) is 10.9. The fourth-order valence-corrected chi connectivity index (χ4v) is 2.44. The van der Waals surface area contributed by atoms with Crippen molar-refractivity contribution in [3.8, 4) is 0 Å². The van der Waals surface area contributed by atoms with Crippen LogP contribution in [0.4, 0.5) is 0 Å². The van der Waals surface area contributed by atoms with Crippen LogP contribution in [0.25, 0.3) is 0 Å². The fourth-order valence-electron chi connectivity index (χ4n) is 2.44. The summed E-state index contributed by atoms with van der Waals surface area (Å²) >= 11 is 0. The SMILES string of the molecule is CC(c1nnnn1C)C1(O)CCCCC1. The van der Waals surface area contributed by atoms with Crippen molar-refractivity contribution in [1.82, 2.24) is 20.2 Å². The van der Waals surface area contributed by atoms with Gasteiger partial charge in [-0.05, 0) is 23.3 Å². The maximum absolute atomic E-state index is 10.5. The quantitative estimate of drug-likeness (QED) is 0.791. The van der Waals surface area contributed by atoms with Gasteiger partial charge >= 0.3 is 0 Å². The lowest BCUT2D eigenvalue weighted by Gasteiger charge is -2.36. The molecular weight excluding hydrogens is 192 g/mol. The number of aliphatic hydroxyl groups is 1. The lowest BCUT2D eigenvalue weighted by molar-refractivity contribution is -0.0199. The van der Waals surface area contributed by atoms with Crippen molar-refractivity contribution in [2.24, 2.45) is 7.05 Å².